The topological polar surface area (TPSA) is 3.88 Å². The molecule has 1 heterocycles. The van der Waals surface area contributed by atoms with Gasteiger partial charge in [0.25, 0.3) is 0 Å². The molecular formula is C22H41BrN+. The first-order valence-corrected chi connectivity index (χ1v) is 11.2. The Morgan fingerprint density at radius 2 is 1.25 bits per heavy atom. The van der Waals surface area contributed by atoms with Crippen LogP contribution in [0.5, 0.6) is 0 Å². The number of halogens is 1. The summed E-state index contributed by atoms with van der Waals surface area (Å²) < 4.78 is 2.12. The quantitative estimate of drug-likeness (QED) is 0.199. The van der Waals surface area contributed by atoms with E-state index in [1.54, 1.807) is 0 Å². The van der Waals surface area contributed by atoms with Crippen molar-refractivity contribution in [2.45, 2.75) is 97.8 Å². The molecule has 24 heavy (non-hydrogen) atoms. The first-order valence-electron chi connectivity index (χ1n) is 10.1. The fourth-order valence-corrected chi connectivity index (χ4v) is 3.16. The number of hydrogen-bond donors (Lipinski definition) is 0. The van der Waals surface area contributed by atoms with E-state index in [0.717, 1.165) is 0 Å². The van der Waals surface area contributed by atoms with Gasteiger partial charge >= 0.3 is 0 Å². The maximum atomic E-state index is 3.47. The zero-order valence-electron chi connectivity index (χ0n) is 16.7. The lowest BCUT2D eigenvalue weighted by Gasteiger charge is -2.01. The SMILES string of the molecule is CCCCCCCCCCCCCCBr.Cc1ccc[n+](C)c1C. The highest BCUT2D eigenvalue weighted by molar-refractivity contribution is 9.09. The third kappa shape index (κ3) is 14.0. The van der Waals surface area contributed by atoms with Crippen molar-refractivity contribution in [1.29, 1.82) is 0 Å². The Morgan fingerprint density at radius 1 is 0.792 bits per heavy atom. The smallest absolute Gasteiger partial charge is 0.180 e. The molecule has 0 bridgehead atoms. The number of aryl methyl sites for hydroxylation is 2. The molecule has 140 valence electrons. The van der Waals surface area contributed by atoms with Crippen molar-refractivity contribution < 1.29 is 4.57 Å². The van der Waals surface area contributed by atoms with Crippen LogP contribution in [0, 0.1) is 13.8 Å². The zero-order valence-corrected chi connectivity index (χ0v) is 18.3. The summed E-state index contributed by atoms with van der Waals surface area (Å²) in [6.45, 7) is 6.53. The van der Waals surface area contributed by atoms with E-state index in [0.29, 0.717) is 0 Å². The molecule has 0 atom stereocenters. The number of hydrogen-bond acceptors (Lipinski definition) is 0. The van der Waals surface area contributed by atoms with Gasteiger partial charge in [0, 0.05) is 23.9 Å². The number of alkyl halides is 1. The zero-order chi connectivity index (χ0) is 18.0. The molecule has 0 radical (unpaired) electrons. The van der Waals surface area contributed by atoms with E-state index in [4.69, 9.17) is 0 Å². The van der Waals surface area contributed by atoms with Gasteiger partial charge in [-0.15, -0.1) is 0 Å². The summed E-state index contributed by atoms with van der Waals surface area (Å²) in [5, 5.41) is 1.18. The van der Waals surface area contributed by atoms with Gasteiger partial charge in [0.15, 0.2) is 11.9 Å². The summed E-state index contributed by atoms with van der Waals surface area (Å²) in [4.78, 5) is 0. The number of rotatable bonds is 12. The predicted octanol–water partition coefficient (Wildman–Crippen LogP) is 7.21. The first kappa shape index (κ1) is 23.6. The van der Waals surface area contributed by atoms with Crippen LogP contribution in [0.1, 0.15) is 95.2 Å². The molecule has 0 amide bonds. The molecule has 0 aromatic carbocycles. The Balaban J connectivity index is 0.000000496. The Labute approximate surface area is 160 Å². The third-order valence-corrected chi connectivity index (χ3v) is 5.30. The van der Waals surface area contributed by atoms with E-state index < -0.39 is 0 Å². The molecule has 1 aromatic heterocycles. The minimum atomic E-state index is 1.18. The van der Waals surface area contributed by atoms with Crippen LogP contribution in [0.2, 0.25) is 0 Å². The summed E-state index contributed by atoms with van der Waals surface area (Å²) in [7, 11) is 2.06. The molecule has 2 heteroatoms. The highest BCUT2D eigenvalue weighted by atomic mass is 79.9. The van der Waals surface area contributed by atoms with Gasteiger partial charge in [0.1, 0.15) is 7.05 Å². The lowest BCUT2D eigenvalue weighted by Crippen LogP contribution is -2.31. The summed E-state index contributed by atoms with van der Waals surface area (Å²) in [5.74, 6) is 0. The molecule has 0 fully saturated rings. The molecule has 0 spiro atoms. The maximum Gasteiger partial charge on any atom is 0.180 e. The third-order valence-electron chi connectivity index (χ3n) is 4.74. The van der Waals surface area contributed by atoms with E-state index in [9.17, 15) is 0 Å². The molecule has 0 aliphatic rings. The van der Waals surface area contributed by atoms with Crippen LogP contribution in [0.25, 0.3) is 0 Å². The van der Waals surface area contributed by atoms with Gasteiger partial charge in [-0.25, -0.2) is 4.57 Å². The van der Waals surface area contributed by atoms with Crippen LogP contribution >= 0.6 is 15.9 Å². The molecule has 1 nitrogen and oxygen atoms in total. The number of nitrogens with zero attached hydrogens (tertiary/aromatic N) is 1. The van der Waals surface area contributed by atoms with Crippen LogP contribution in [0.4, 0.5) is 0 Å². The van der Waals surface area contributed by atoms with Gasteiger partial charge in [0.05, 0.1) is 0 Å². The first-order chi connectivity index (χ1) is 11.6. The average molecular weight is 399 g/mol. The van der Waals surface area contributed by atoms with Crippen LogP contribution in [-0.2, 0) is 7.05 Å². The molecule has 0 aliphatic carbocycles. The largest absolute Gasteiger partial charge is 0.205 e. The minimum absolute atomic E-state index is 1.18. The van der Waals surface area contributed by atoms with Crippen molar-refractivity contribution in [2.24, 2.45) is 7.05 Å². The van der Waals surface area contributed by atoms with Crippen molar-refractivity contribution >= 4 is 15.9 Å². The summed E-state index contributed by atoms with van der Waals surface area (Å²) in [6.07, 6.45) is 19.4. The second-order valence-electron chi connectivity index (χ2n) is 6.97. The van der Waals surface area contributed by atoms with Crippen molar-refractivity contribution in [3.63, 3.8) is 0 Å². The summed E-state index contributed by atoms with van der Waals surface area (Å²) >= 11 is 3.47. The monoisotopic (exact) mass is 398 g/mol. The summed E-state index contributed by atoms with van der Waals surface area (Å²) in [6, 6.07) is 4.18. The molecule has 0 saturated heterocycles. The maximum absolute atomic E-state index is 3.47. The Hall–Kier alpha value is -0.370. The number of aromatic nitrogens is 1. The standard InChI is InChI=1S/C14H29Br.C8H12N/c1-2-3-4-5-6-7-8-9-10-11-12-13-14-15;1-7-5-4-6-9(3)8(7)2/h2-14H2,1H3;4-6H,1-3H3/q;+1. The normalized spacial score (nSPS) is 10.4. The highest BCUT2D eigenvalue weighted by Gasteiger charge is 1.99. The minimum Gasteiger partial charge on any atom is -0.205 e. The van der Waals surface area contributed by atoms with Gasteiger partial charge in [-0.2, -0.15) is 0 Å². The highest BCUT2D eigenvalue weighted by Crippen LogP contribution is 2.12. The molecule has 1 aromatic rings. The van der Waals surface area contributed by atoms with E-state index in [1.165, 1.54) is 93.6 Å². The molecule has 0 unspecified atom stereocenters. The Kier molecular flexibility index (Phi) is 17.2. The summed E-state index contributed by atoms with van der Waals surface area (Å²) in [5.41, 5.74) is 2.68. The van der Waals surface area contributed by atoms with Crippen molar-refractivity contribution in [1.82, 2.24) is 0 Å². The van der Waals surface area contributed by atoms with Gasteiger partial charge in [-0.1, -0.05) is 93.5 Å². The van der Waals surface area contributed by atoms with Crippen LogP contribution < -0.4 is 4.57 Å². The number of pyridine rings is 1. The van der Waals surface area contributed by atoms with E-state index in [2.05, 4.69) is 66.6 Å². The van der Waals surface area contributed by atoms with Crippen LogP contribution in [0.3, 0.4) is 0 Å². The van der Waals surface area contributed by atoms with Gasteiger partial charge in [0.2, 0.25) is 0 Å². The van der Waals surface area contributed by atoms with E-state index >= 15 is 0 Å². The van der Waals surface area contributed by atoms with Crippen LogP contribution in [0.15, 0.2) is 18.3 Å². The van der Waals surface area contributed by atoms with Crippen molar-refractivity contribution in [2.75, 3.05) is 5.33 Å². The lowest BCUT2D eigenvalue weighted by molar-refractivity contribution is -0.678. The molecule has 0 saturated carbocycles. The Morgan fingerprint density at radius 3 is 1.62 bits per heavy atom. The number of unbranched alkanes of at least 4 members (excludes halogenated alkanes) is 11. The lowest BCUT2D eigenvalue weighted by atomic mass is 10.1. The van der Waals surface area contributed by atoms with Gasteiger partial charge in [-0.3, -0.25) is 0 Å². The van der Waals surface area contributed by atoms with Gasteiger partial charge < -0.3 is 0 Å². The second kappa shape index (κ2) is 17.5. The van der Waals surface area contributed by atoms with E-state index in [1.807, 2.05) is 0 Å². The van der Waals surface area contributed by atoms with Crippen LogP contribution in [-0.4, -0.2) is 5.33 Å². The molecule has 1 rings (SSSR count). The van der Waals surface area contributed by atoms with E-state index in [-0.39, 0.29) is 0 Å². The van der Waals surface area contributed by atoms with Crippen molar-refractivity contribution in [3.05, 3.63) is 29.6 Å². The average Bonchev–Trinajstić information content (AvgIpc) is 2.58. The fraction of sp³-hybridized carbons (Fsp3) is 0.773. The molecular weight excluding hydrogens is 358 g/mol. The van der Waals surface area contributed by atoms with Gasteiger partial charge in [-0.05, 0) is 19.4 Å². The Bertz CT molecular complexity index is 357. The predicted molar refractivity (Wildman–Crippen MR) is 112 cm³/mol. The molecule has 0 aliphatic heterocycles. The second-order valence-corrected chi connectivity index (χ2v) is 7.76. The van der Waals surface area contributed by atoms with Crippen molar-refractivity contribution in [3.8, 4) is 0 Å². The fourth-order valence-electron chi connectivity index (χ4n) is 2.76. The molecule has 0 N–H and O–H groups in total.